The summed E-state index contributed by atoms with van der Waals surface area (Å²) in [5.41, 5.74) is 2.76. The number of hydrogen-bond donors (Lipinski definition) is 3. The molecule has 0 radical (unpaired) electrons. The number of hydrogen-bond acceptors (Lipinski definition) is 5. The molecule has 1 aromatic heterocycles. The molecule has 0 aliphatic rings. The van der Waals surface area contributed by atoms with E-state index in [9.17, 15) is 5.11 Å². The van der Waals surface area contributed by atoms with E-state index in [-0.39, 0.29) is 29.7 Å². The van der Waals surface area contributed by atoms with Crippen molar-refractivity contribution in [2.45, 2.75) is 46.7 Å². The van der Waals surface area contributed by atoms with Gasteiger partial charge in [0, 0.05) is 30.6 Å². The minimum Gasteiger partial charge on any atom is -0.508 e. The van der Waals surface area contributed by atoms with E-state index in [2.05, 4.69) is 27.7 Å². The molecule has 1 heterocycles. The molecule has 0 aliphatic heterocycles. The van der Waals surface area contributed by atoms with Crippen LogP contribution in [0.15, 0.2) is 27.7 Å². The molecule has 3 N–H and O–H groups in total. The standard InChI is InChI=1S/C19H28N4O3.HI/c1-5-16-15(18(6-2)26-23-16)12-22-19(20-7-3)21-11-13-10-14(25-4)8-9-17(13)24;/h8-10,24H,5-7,11-12H2,1-4H3,(H2,20,21,22);1H. The van der Waals surface area contributed by atoms with E-state index in [0.717, 1.165) is 36.4 Å². The monoisotopic (exact) mass is 488 g/mol. The summed E-state index contributed by atoms with van der Waals surface area (Å²) in [6, 6.07) is 5.12. The molecular formula is C19H29IN4O3. The molecule has 0 saturated carbocycles. The number of ether oxygens (including phenoxy) is 1. The van der Waals surface area contributed by atoms with E-state index in [1.165, 1.54) is 0 Å². The van der Waals surface area contributed by atoms with Gasteiger partial charge in [-0.15, -0.1) is 24.0 Å². The summed E-state index contributed by atoms with van der Waals surface area (Å²) in [6.45, 7) is 7.78. The molecule has 2 aromatic rings. The number of halogens is 1. The van der Waals surface area contributed by atoms with Gasteiger partial charge in [-0.25, -0.2) is 4.99 Å². The third-order valence-electron chi connectivity index (χ3n) is 4.08. The molecular weight excluding hydrogens is 459 g/mol. The normalized spacial score (nSPS) is 11.0. The predicted molar refractivity (Wildman–Crippen MR) is 117 cm³/mol. The Bertz CT molecular complexity index is 725. The topological polar surface area (TPSA) is 91.9 Å². The first-order chi connectivity index (χ1) is 12.6. The molecule has 0 spiro atoms. The highest BCUT2D eigenvalue weighted by atomic mass is 127. The van der Waals surface area contributed by atoms with Gasteiger partial charge in [0.05, 0.1) is 19.3 Å². The van der Waals surface area contributed by atoms with Crippen LogP contribution in [-0.4, -0.2) is 29.9 Å². The highest BCUT2D eigenvalue weighted by Crippen LogP contribution is 2.23. The van der Waals surface area contributed by atoms with Crippen LogP contribution in [0.25, 0.3) is 0 Å². The Balaban J connectivity index is 0.00000364. The van der Waals surface area contributed by atoms with Crippen molar-refractivity contribution in [3.63, 3.8) is 0 Å². The smallest absolute Gasteiger partial charge is 0.191 e. The third-order valence-corrected chi connectivity index (χ3v) is 4.08. The maximum absolute atomic E-state index is 10.0. The van der Waals surface area contributed by atoms with E-state index in [1.807, 2.05) is 13.8 Å². The molecule has 8 heteroatoms. The highest BCUT2D eigenvalue weighted by molar-refractivity contribution is 14.0. The van der Waals surface area contributed by atoms with Gasteiger partial charge in [0.25, 0.3) is 0 Å². The second-order valence-electron chi connectivity index (χ2n) is 5.78. The number of phenols is 1. The lowest BCUT2D eigenvalue weighted by Gasteiger charge is -2.12. The Morgan fingerprint density at radius 3 is 2.63 bits per heavy atom. The van der Waals surface area contributed by atoms with E-state index >= 15 is 0 Å². The number of nitrogens with zero attached hydrogens (tertiary/aromatic N) is 2. The molecule has 0 fully saturated rings. The fraction of sp³-hybridized carbons (Fsp3) is 0.474. The minimum atomic E-state index is 0. The molecule has 0 saturated heterocycles. The van der Waals surface area contributed by atoms with Crippen molar-refractivity contribution in [3.8, 4) is 11.5 Å². The number of aryl methyl sites for hydroxylation is 2. The van der Waals surface area contributed by atoms with Gasteiger partial charge < -0.3 is 25.0 Å². The SMILES string of the molecule is CCNC(=NCc1cc(OC)ccc1O)NCc1c(CC)noc1CC.I. The maximum Gasteiger partial charge on any atom is 0.191 e. The summed E-state index contributed by atoms with van der Waals surface area (Å²) in [6.07, 6.45) is 1.63. The largest absolute Gasteiger partial charge is 0.508 e. The molecule has 7 nitrogen and oxygen atoms in total. The van der Waals surface area contributed by atoms with Gasteiger partial charge in [-0.05, 0) is 31.5 Å². The van der Waals surface area contributed by atoms with Crippen LogP contribution in [0.1, 0.15) is 43.4 Å². The second kappa shape index (κ2) is 11.7. The maximum atomic E-state index is 10.0. The zero-order chi connectivity index (χ0) is 18.9. The third kappa shape index (κ3) is 6.30. The van der Waals surface area contributed by atoms with Crippen LogP contribution in [0.4, 0.5) is 0 Å². The first-order valence-electron chi connectivity index (χ1n) is 8.97. The van der Waals surface area contributed by atoms with Gasteiger partial charge in [0.1, 0.15) is 17.3 Å². The number of nitrogens with one attached hydrogen (secondary N) is 2. The van der Waals surface area contributed by atoms with Crippen molar-refractivity contribution >= 4 is 29.9 Å². The fourth-order valence-electron chi connectivity index (χ4n) is 2.63. The molecule has 1 aromatic carbocycles. The van der Waals surface area contributed by atoms with Crippen LogP contribution in [0, 0.1) is 0 Å². The quantitative estimate of drug-likeness (QED) is 0.300. The summed E-state index contributed by atoms with van der Waals surface area (Å²) in [5, 5.41) is 20.7. The fourth-order valence-corrected chi connectivity index (χ4v) is 2.63. The number of rotatable bonds is 8. The Morgan fingerprint density at radius 1 is 1.22 bits per heavy atom. The number of benzene rings is 1. The number of aromatic hydroxyl groups is 1. The van der Waals surface area contributed by atoms with Gasteiger partial charge in [-0.2, -0.15) is 0 Å². The zero-order valence-electron chi connectivity index (χ0n) is 16.3. The Kier molecular flexibility index (Phi) is 9.98. The molecule has 0 atom stereocenters. The Labute approximate surface area is 177 Å². The predicted octanol–water partition coefficient (Wildman–Crippen LogP) is 3.39. The van der Waals surface area contributed by atoms with Crippen molar-refractivity contribution in [1.29, 1.82) is 0 Å². The number of aromatic nitrogens is 1. The summed E-state index contributed by atoms with van der Waals surface area (Å²) >= 11 is 0. The highest BCUT2D eigenvalue weighted by Gasteiger charge is 2.13. The molecule has 0 bridgehead atoms. The average molecular weight is 488 g/mol. The lowest BCUT2D eigenvalue weighted by molar-refractivity contribution is 0.380. The molecule has 0 aliphatic carbocycles. The van der Waals surface area contributed by atoms with Gasteiger partial charge in [-0.1, -0.05) is 19.0 Å². The van der Waals surface area contributed by atoms with Crippen LogP contribution in [0.3, 0.4) is 0 Å². The first-order valence-corrected chi connectivity index (χ1v) is 8.97. The molecule has 0 unspecified atom stereocenters. The minimum absolute atomic E-state index is 0. The average Bonchev–Trinajstić information content (AvgIpc) is 3.07. The number of methoxy groups -OCH3 is 1. The summed E-state index contributed by atoms with van der Waals surface area (Å²) in [7, 11) is 1.60. The molecule has 150 valence electrons. The van der Waals surface area contributed by atoms with E-state index in [0.29, 0.717) is 30.4 Å². The molecule has 0 amide bonds. The van der Waals surface area contributed by atoms with Crippen LogP contribution in [0.2, 0.25) is 0 Å². The van der Waals surface area contributed by atoms with Crippen molar-refractivity contribution < 1.29 is 14.4 Å². The van der Waals surface area contributed by atoms with E-state index in [4.69, 9.17) is 9.26 Å². The van der Waals surface area contributed by atoms with E-state index < -0.39 is 0 Å². The van der Waals surface area contributed by atoms with E-state index in [1.54, 1.807) is 25.3 Å². The lowest BCUT2D eigenvalue weighted by Crippen LogP contribution is -2.37. The summed E-state index contributed by atoms with van der Waals surface area (Å²) in [5.74, 6) is 2.46. The Morgan fingerprint density at radius 2 is 2.00 bits per heavy atom. The zero-order valence-corrected chi connectivity index (χ0v) is 18.7. The van der Waals surface area contributed by atoms with Crippen LogP contribution < -0.4 is 15.4 Å². The van der Waals surface area contributed by atoms with Gasteiger partial charge in [0.2, 0.25) is 0 Å². The summed E-state index contributed by atoms with van der Waals surface area (Å²) in [4.78, 5) is 4.56. The van der Waals surface area contributed by atoms with Crippen LogP contribution in [0.5, 0.6) is 11.5 Å². The van der Waals surface area contributed by atoms with Gasteiger partial charge in [0.15, 0.2) is 5.96 Å². The Hall–Kier alpha value is -1.97. The molecule has 27 heavy (non-hydrogen) atoms. The molecule has 2 rings (SSSR count). The number of guanidine groups is 1. The van der Waals surface area contributed by atoms with Crippen LogP contribution >= 0.6 is 24.0 Å². The lowest BCUT2D eigenvalue weighted by atomic mass is 10.1. The number of aliphatic imine (C=N–C) groups is 1. The second-order valence-corrected chi connectivity index (χ2v) is 5.78. The first kappa shape index (κ1) is 23.1. The van der Waals surface area contributed by atoms with Gasteiger partial charge in [-0.3, -0.25) is 0 Å². The van der Waals surface area contributed by atoms with Crippen molar-refractivity contribution in [1.82, 2.24) is 15.8 Å². The van der Waals surface area contributed by atoms with Crippen molar-refractivity contribution in [3.05, 3.63) is 40.8 Å². The summed E-state index contributed by atoms with van der Waals surface area (Å²) < 4.78 is 10.6. The van der Waals surface area contributed by atoms with Crippen molar-refractivity contribution in [2.75, 3.05) is 13.7 Å². The van der Waals surface area contributed by atoms with Gasteiger partial charge >= 0.3 is 0 Å². The van der Waals surface area contributed by atoms with Crippen LogP contribution in [-0.2, 0) is 25.9 Å². The number of phenolic OH excluding ortho intramolecular Hbond substituents is 1. The van der Waals surface area contributed by atoms with Crippen molar-refractivity contribution in [2.24, 2.45) is 4.99 Å².